The smallest absolute Gasteiger partial charge is 0.357 e. The topological polar surface area (TPSA) is 61.4 Å². The molecular weight excluding hydrogens is 299 g/mol. The molecule has 0 aromatic carbocycles. The maximum absolute atomic E-state index is 12.6. The zero-order valence-electron chi connectivity index (χ0n) is 12.6. The van der Waals surface area contributed by atoms with E-state index in [2.05, 4.69) is 10.6 Å². The fraction of sp³-hybridized carbons (Fsp3) is 0.857. The van der Waals surface area contributed by atoms with Gasteiger partial charge < -0.3 is 15.5 Å². The molecule has 2 N–H and O–H groups in total. The summed E-state index contributed by atoms with van der Waals surface area (Å²) in [5.41, 5.74) is 0. The van der Waals surface area contributed by atoms with E-state index in [-0.39, 0.29) is 30.8 Å². The zero-order chi connectivity index (χ0) is 16.3. The van der Waals surface area contributed by atoms with Crippen LogP contribution in [0, 0.1) is 5.92 Å². The van der Waals surface area contributed by atoms with Crippen LogP contribution in [-0.2, 0) is 4.79 Å². The largest absolute Gasteiger partial charge is 0.391 e. The van der Waals surface area contributed by atoms with E-state index in [1.807, 2.05) is 0 Å². The van der Waals surface area contributed by atoms with Gasteiger partial charge in [-0.2, -0.15) is 13.2 Å². The molecule has 0 bridgehead atoms. The highest BCUT2D eigenvalue weighted by molar-refractivity contribution is 5.87. The summed E-state index contributed by atoms with van der Waals surface area (Å²) in [5.74, 6) is -1.46. The Labute approximate surface area is 127 Å². The number of carbonyl (C=O) groups is 2. The van der Waals surface area contributed by atoms with E-state index >= 15 is 0 Å². The third-order valence-corrected chi connectivity index (χ3v) is 4.58. The molecule has 1 heterocycles. The van der Waals surface area contributed by atoms with Gasteiger partial charge >= 0.3 is 12.2 Å². The fourth-order valence-corrected chi connectivity index (χ4v) is 3.27. The highest BCUT2D eigenvalue weighted by Crippen LogP contribution is 2.37. The Kier molecular flexibility index (Phi) is 5.18. The fourth-order valence-electron chi connectivity index (χ4n) is 3.27. The maximum atomic E-state index is 12.6. The number of hydrogen-bond donors (Lipinski definition) is 2. The van der Waals surface area contributed by atoms with Gasteiger partial charge in [0.2, 0.25) is 5.91 Å². The lowest BCUT2D eigenvalue weighted by molar-refractivity contribution is -0.182. The van der Waals surface area contributed by atoms with Crippen LogP contribution in [0.2, 0.25) is 0 Å². The monoisotopic (exact) mass is 321 g/mol. The molecule has 2 rings (SSSR count). The Bertz CT molecular complexity index is 420. The first-order chi connectivity index (χ1) is 10.3. The Morgan fingerprint density at radius 3 is 2.27 bits per heavy atom. The number of halogens is 3. The molecule has 8 heteroatoms. The first-order valence-electron chi connectivity index (χ1n) is 7.68. The third-order valence-electron chi connectivity index (χ3n) is 4.58. The van der Waals surface area contributed by atoms with Crippen molar-refractivity contribution in [1.29, 1.82) is 0 Å². The van der Waals surface area contributed by atoms with Gasteiger partial charge in [0.25, 0.3) is 0 Å². The summed E-state index contributed by atoms with van der Waals surface area (Å²) in [6.07, 6.45) is -2.02. The van der Waals surface area contributed by atoms with Crippen molar-refractivity contribution in [2.24, 2.45) is 5.92 Å². The van der Waals surface area contributed by atoms with Crippen LogP contribution in [0.25, 0.3) is 0 Å². The highest BCUT2D eigenvalue weighted by Gasteiger charge is 2.42. The maximum Gasteiger partial charge on any atom is 0.391 e. The average molecular weight is 321 g/mol. The number of nitrogens with zero attached hydrogens (tertiary/aromatic N) is 1. The summed E-state index contributed by atoms with van der Waals surface area (Å²) in [6.45, 7) is 0.502. The van der Waals surface area contributed by atoms with Crippen molar-refractivity contribution in [2.75, 3.05) is 13.6 Å². The lowest BCUT2D eigenvalue weighted by Gasteiger charge is -2.32. The van der Waals surface area contributed by atoms with Gasteiger partial charge in [-0.15, -0.1) is 0 Å². The molecule has 3 amide bonds. The minimum atomic E-state index is -4.14. The van der Waals surface area contributed by atoms with E-state index < -0.39 is 18.1 Å². The molecular formula is C14H22F3N3O2. The van der Waals surface area contributed by atoms with Crippen molar-refractivity contribution in [3.63, 3.8) is 0 Å². The number of carbonyl (C=O) groups excluding carboxylic acids is 2. The molecule has 22 heavy (non-hydrogen) atoms. The second-order valence-electron chi connectivity index (χ2n) is 6.01. The average Bonchev–Trinajstić information content (AvgIpc) is 2.95. The van der Waals surface area contributed by atoms with E-state index in [0.717, 1.165) is 6.42 Å². The molecule has 126 valence electrons. The lowest BCUT2D eigenvalue weighted by Crippen LogP contribution is -2.51. The molecule has 1 atom stereocenters. The van der Waals surface area contributed by atoms with Gasteiger partial charge in [0.05, 0.1) is 5.92 Å². The van der Waals surface area contributed by atoms with Gasteiger partial charge in [-0.3, -0.25) is 4.79 Å². The first-order valence-corrected chi connectivity index (χ1v) is 7.68. The number of hydrogen-bond acceptors (Lipinski definition) is 2. The summed E-state index contributed by atoms with van der Waals surface area (Å²) >= 11 is 0. The molecule has 1 aliphatic heterocycles. The Hall–Kier alpha value is -1.47. The quantitative estimate of drug-likeness (QED) is 0.817. The molecule has 1 saturated heterocycles. The van der Waals surface area contributed by atoms with Crippen LogP contribution in [0.4, 0.5) is 18.0 Å². The van der Waals surface area contributed by atoms with Crippen molar-refractivity contribution in [3.8, 4) is 0 Å². The van der Waals surface area contributed by atoms with Crippen molar-refractivity contribution in [1.82, 2.24) is 15.5 Å². The normalized spacial score (nSPS) is 29.3. The summed E-state index contributed by atoms with van der Waals surface area (Å²) in [4.78, 5) is 25.4. The number of likely N-dealkylation sites (N-methyl/N-ethyl adjacent to an activating group) is 1. The summed E-state index contributed by atoms with van der Waals surface area (Å²) in [6, 6.07) is -1.06. The molecule has 0 aromatic rings. The number of alkyl halides is 3. The highest BCUT2D eigenvalue weighted by atomic mass is 19.4. The lowest BCUT2D eigenvalue weighted by atomic mass is 9.85. The van der Waals surface area contributed by atoms with Crippen LogP contribution in [-0.4, -0.2) is 48.7 Å². The molecule has 0 radical (unpaired) electrons. The molecule has 2 aliphatic rings. The minimum Gasteiger partial charge on any atom is -0.357 e. The molecule has 0 aromatic heterocycles. The molecule has 1 aliphatic carbocycles. The van der Waals surface area contributed by atoms with Crippen LogP contribution in [0.15, 0.2) is 0 Å². The molecule has 5 nitrogen and oxygen atoms in total. The van der Waals surface area contributed by atoms with Crippen LogP contribution in [0.5, 0.6) is 0 Å². The summed E-state index contributed by atoms with van der Waals surface area (Å²) < 4.78 is 37.8. The van der Waals surface area contributed by atoms with Crippen LogP contribution >= 0.6 is 0 Å². The standard InChI is InChI=1S/C14H22F3N3O2/c1-18-12(21)11-3-2-8-20(11)13(22)19-10-6-4-9(5-7-10)14(15,16)17/h9-11H,2-8H2,1H3,(H,18,21)(H,19,22)/t9?,10?,11-/m1/s1. The van der Waals surface area contributed by atoms with Gasteiger partial charge in [0, 0.05) is 19.6 Å². The van der Waals surface area contributed by atoms with Crippen LogP contribution in [0.3, 0.4) is 0 Å². The van der Waals surface area contributed by atoms with Crippen LogP contribution in [0.1, 0.15) is 38.5 Å². The van der Waals surface area contributed by atoms with E-state index in [1.54, 1.807) is 0 Å². The Morgan fingerprint density at radius 1 is 1.09 bits per heavy atom. The number of likely N-dealkylation sites (tertiary alicyclic amines) is 1. The first kappa shape index (κ1) is 16.9. The zero-order valence-corrected chi connectivity index (χ0v) is 12.6. The van der Waals surface area contributed by atoms with E-state index in [9.17, 15) is 22.8 Å². The molecule has 0 unspecified atom stereocenters. The van der Waals surface area contributed by atoms with Gasteiger partial charge in [-0.05, 0) is 38.5 Å². The van der Waals surface area contributed by atoms with E-state index in [1.165, 1.54) is 11.9 Å². The molecule has 1 saturated carbocycles. The van der Waals surface area contributed by atoms with Gasteiger partial charge in [0.1, 0.15) is 6.04 Å². The van der Waals surface area contributed by atoms with Crippen molar-refractivity contribution in [2.45, 2.75) is 56.8 Å². The van der Waals surface area contributed by atoms with Crippen molar-refractivity contribution >= 4 is 11.9 Å². The van der Waals surface area contributed by atoms with Gasteiger partial charge in [-0.25, -0.2) is 4.79 Å². The van der Waals surface area contributed by atoms with Crippen molar-refractivity contribution < 1.29 is 22.8 Å². The minimum absolute atomic E-state index is 0.0489. The summed E-state index contributed by atoms with van der Waals surface area (Å²) in [5, 5.41) is 5.31. The number of amides is 3. The Balaban J connectivity index is 1.84. The van der Waals surface area contributed by atoms with Gasteiger partial charge in [-0.1, -0.05) is 0 Å². The summed E-state index contributed by atoms with van der Waals surface area (Å²) in [7, 11) is 1.52. The second kappa shape index (κ2) is 6.75. The number of nitrogens with one attached hydrogen (secondary N) is 2. The van der Waals surface area contributed by atoms with E-state index in [4.69, 9.17) is 0 Å². The third kappa shape index (κ3) is 3.84. The predicted octanol–water partition coefficient (Wildman–Crippen LogP) is 2.03. The second-order valence-corrected chi connectivity index (χ2v) is 6.01. The predicted molar refractivity (Wildman–Crippen MR) is 74.1 cm³/mol. The molecule has 2 fully saturated rings. The van der Waals surface area contributed by atoms with Crippen LogP contribution < -0.4 is 10.6 Å². The number of urea groups is 1. The Morgan fingerprint density at radius 2 is 1.73 bits per heavy atom. The SMILES string of the molecule is CNC(=O)[C@H]1CCCN1C(=O)NC1CCC(C(F)(F)F)CC1. The number of rotatable bonds is 2. The van der Waals surface area contributed by atoms with Gasteiger partial charge in [0.15, 0.2) is 0 Å². The van der Waals surface area contributed by atoms with Crippen molar-refractivity contribution in [3.05, 3.63) is 0 Å². The molecule has 0 spiro atoms. The van der Waals surface area contributed by atoms with E-state index in [0.29, 0.717) is 25.8 Å².